The summed E-state index contributed by atoms with van der Waals surface area (Å²) in [4.78, 5) is 25.6. The van der Waals surface area contributed by atoms with Crippen LogP contribution in [0.1, 0.15) is 26.3 Å². The van der Waals surface area contributed by atoms with Gasteiger partial charge in [-0.25, -0.2) is 4.90 Å². The Morgan fingerprint density at radius 3 is 2.17 bits per heavy atom. The minimum atomic E-state index is -4.82. The molecule has 0 saturated carbocycles. The number of rotatable bonds is 3. The third kappa shape index (κ3) is 2.83. The van der Waals surface area contributed by atoms with E-state index in [1.54, 1.807) is 0 Å². The summed E-state index contributed by atoms with van der Waals surface area (Å²) in [6.07, 6.45) is -4.82. The first-order valence-corrected chi connectivity index (χ1v) is 6.78. The van der Waals surface area contributed by atoms with E-state index in [4.69, 9.17) is 5.11 Å². The Morgan fingerprint density at radius 1 is 0.958 bits per heavy atom. The smallest absolute Gasteiger partial charge is 0.406 e. The number of hydrogen-bond acceptors (Lipinski definition) is 4. The molecule has 0 bridgehead atoms. The van der Waals surface area contributed by atoms with Gasteiger partial charge in [-0.05, 0) is 42.0 Å². The molecule has 2 amide bonds. The van der Waals surface area contributed by atoms with Crippen molar-refractivity contribution in [3.63, 3.8) is 0 Å². The van der Waals surface area contributed by atoms with Gasteiger partial charge in [-0.2, -0.15) is 0 Å². The highest BCUT2D eigenvalue weighted by molar-refractivity contribution is 6.34. The lowest BCUT2D eigenvalue weighted by molar-refractivity contribution is -0.274. The standard InChI is InChI=1S/C16H10F3NO4/c17-16(18,19)24-11-4-2-10(3-5-11)20-14(22)12-6-1-9(8-21)7-13(12)15(20)23/h1-7,21H,8H2. The van der Waals surface area contributed by atoms with Crippen LogP contribution in [0.2, 0.25) is 0 Å². The number of aliphatic hydroxyl groups is 1. The predicted octanol–water partition coefficient (Wildman–Crippen LogP) is 2.88. The summed E-state index contributed by atoms with van der Waals surface area (Å²) in [5.74, 6) is -1.64. The number of hydrogen-bond donors (Lipinski definition) is 1. The molecule has 0 aliphatic carbocycles. The Labute approximate surface area is 133 Å². The molecule has 8 heteroatoms. The summed E-state index contributed by atoms with van der Waals surface area (Å²) in [5, 5.41) is 9.11. The lowest BCUT2D eigenvalue weighted by Crippen LogP contribution is -2.29. The van der Waals surface area contributed by atoms with E-state index in [-0.39, 0.29) is 23.4 Å². The van der Waals surface area contributed by atoms with Crippen LogP contribution in [0.3, 0.4) is 0 Å². The van der Waals surface area contributed by atoms with Crippen LogP contribution in [0.5, 0.6) is 5.75 Å². The zero-order valence-electron chi connectivity index (χ0n) is 12.0. The molecule has 5 nitrogen and oxygen atoms in total. The summed E-state index contributed by atoms with van der Waals surface area (Å²) in [5.41, 5.74) is 0.918. The van der Waals surface area contributed by atoms with Gasteiger partial charge in [0, 0.05) is 0 Å². The fraction of sp³-hybridized carbons (Fsp3) is 0.125. The molecule has 1 aliphatic rings. The number of aliphatic hydroxyl groups excluding tert-OH is 1. The van der Waals surface area contributed by atoms with Crippen molar-refractivity contribution < 1.29 is 32.6 Å². The first-order chi connectivity index (χ1) is 11.3. The number of fused-ring (bicyclic) bond motifs is 1. The molecule has 0 saturated heterocycles. The fourth-order valence-corrected chi connectivity index (χ4v) is 2.42. The number of alkyl halides is 3. The van der Waals surface area contributed by atoms with Crippen LogP contribution in [0.25, 0.3) is 0 Å². The number of carbonyl (C=O) groups excluding carboxylic acids is 2. The molecule has 3 rings (SSSR count). The second-order valence-electron chi connectivity index (χ2n) is 5.03. The van der Waals surface area contributed by atoms with Crippen molar-refractivity contribution in [3.8, 4) is 5.75 Å². The van der Waals surface area contributed by atoms with Gasteiger partial charge < -0.3 is 9.84 Å². The molecule has 124 valence electrons. The number of anilines is 1. The molecular formula is C16H10F3NO4. The van der Waals surface area contributed by atoms with Gasteiger partial charge in [0.2, 0.25) is 0 Å². The van der Waals surface area contributed by atoms with E-state index in [9.17, 15) is 22.8 Å². The maximum Gasteiger partial charge on any atom is 0.573 e. The van der Waals surface area contributed by atoms with E-state index < -0.39 is 23.9 Å². The second-order valence-corrected chi connectivity index (χ2v) is 5.03. The van der Waals surface area contributed by atoms with Gasteiger partial charge in [-0.3, -0.25) is 9.59 Å². The monoisotopic (exact) mass is 337 g/mol. The van der Waals surface area contributed by atoms with Gasteiger partial charge in [0.1, 0.15) is 5.75 Å². The average Bonchev–Trinajstić information content (AvgIpc) is 2.78. The van der Waals surface area contributed by atoms with Crippen LogP contribution >= 0.6 is 0 Å². The van der Waals surface area contributed by atoms with Crippen molar-refractivity contribution in [1.82, 2.24) is 0 Å². The highest BCUT2D eigenvalue weighted by Gasteiger charge is 2.37. The number of carbonyl (C=O) groups is 2. The summed E-state index contributed by atoms with van der Waals surface area (Å²) in [6.45, 7) is -0.280. The lowest BCUT2D eigenvalue weighted by Gasteiger charge is -2.15. The molecule has 24 heavy (non-hydrogen) atoms. The third-order valence-electron chi connectivity index (χ3n) is 3.46. The molecule has 2 aromatic carbocycles. The highest BCUT2D eigenvalue weighted by atomic mass is 19.4. The SMILES string of the molecule is O=C1c2ccc(CO)cc2C(=O)N1c1ccc(OC(F)(F)F)cc1. The quantitative estimate of drug-likeness (QED) is 0.875. The van der Waals surface area contributed by atoms with Crippen LogP contribution < -0.4 is 9.64 Å². The van der Waals surface area contributed by atoms with Crippen LogP contribution in [0.4, 0.5) is 18.9 Å². The third-order valence-corrected chi connectivity index (χ3v) is 3.46. The molecule has 0 aromatic heterocycles. The Kier molecular flexibility index (Phi) is 3.76. The Hall–Kier alpha value is -2.87. The highest BCUT2D eigenvalue weighted by Crippen LogP contribution is 2.31. The Balaban J connectivity index is 1.91. The van der Waals surface area contributed by atoms with E-state index >= 15 is 0 Å². The largest absolute Gasteiger partial charge is 0.573 e. The van der Waals surface area contributed by atoms with Crippen molar-refractivity contribution in [1.29, 1.82) is 0 Å². The molecule has 1 aliphatic heterocycles. The van der Waals surface area contributed by atoms with E-state index in [2.05, 4.69) is 4.74 Å². The van der Waals surface area contributed by atoms with Gasteiger partial charge in [0.25, 0.3) is 11.8 Å². The van der Waals surface area contributed by atoms with E-state index in [1.165, 1.54) is 30.3 Å². The zero-order chi connectivity index (χ0) is 17.5. The number of ether oxygens (including phenoxy) is 1. The molecule has 0 unspecified atom stereocenters. The maximum absolute atomic E-state index is 12.4. The molecule has 1 N–H and O–H groups in total. The molecule has 0 fully saturated rings. The normalized spacial score (nSPS) is 14.1. The van der Waals surface area contributed by atoms with E-state index in [0.29, 0.717) is 5.56 Å². The Morgan fingerprint density at radius 2 is 1.58 bits per heavy atom. The number of benzene rings is 2. The van der Waals surface area contributed by atoms with E-state index in [0.717, 1.165) is 17.0 Å². The maximum atomic E-state index is 12.4. The van der Waals surface area contributed by atoms with Gasteiger partial charge in [0.05, 0.1) is 23.4 Å². The minimum absolute atomic E-state index is 0.126. The zero-order valence-corrected chi connectivity index (χ0v) is 12.0. The topological polar surface area (TPSA) is 66.8 Å². The summed E-state index contributed by atoms with van der Waals surface area (Å²) < 4.78 is 40.2. The van der Waals surface area contributed by atoms with Crippen LogP contribution in [0, 0.1) is 0 Å². The lowest BCUT2D eigenvalue weighted by atomic mass is 10.1. The van der Waals surface area contributed by atoms with Crippen LogP contribution in [-0.2, 0) is 6.61 Å². The first-order valence-electron chi connectivity index (χ1n) is 6.78. The van der Waals surface area contributed by atoms with Crippen molar-refractivity contribution in [2.45, 2.75) is 13.0 Å². The van der Waals surface area contributed by atoms with Crippen LogP contribution in [-0.4, -0.2) is 23.3 Å². The van der Waals surface area contributed by atoms with Gasteiger partial charge in [0.15, 0.2) is 0 Å². The van der Waals surface area contributed by atoms with Crippen molar-refractivity contribution in [3.05, 3.63) is 59.2 Å². The number of halogens is 3. The molecular weight excluding hydrogens is 327 g/mol. The van der Waals surface area contributed by atoms with Crippen molar-refractivity contribution in [2.75, 3.05) is 4.90 Å². The first kappa shape index (κ1) is 16.0. The molecule has 0 atom stereocenters. The van der Waals surface area contributed by atoms with Gasteiger partial charge >= 0.3 is 6.36 Å². The summed E-state index contributed by atoms with van der Waals surface area (Å²) in [7, 11) is 0. The fourth-order valence-electron chi connectivity index (χ4n) is 2.42. The molecule has 0 radical (unpaired) electrons. The number of imide groups is 1. The second kappa shape index (κ2) is 5.64. The van der Waals surface area contributed by atoms with E-state index in [1.807, 2.05) is 0 Å². The van der Waals surface area contributed by atoms with Crippen molar-refractivity contribution in [2.24, 2.45) is 0 Å². The molecule has 1 heterocycles. The molecule has 2 aromatic rings. The predicted molar refractivity (Wildman–Crippen MR) is 76.6 cm³/mol. The summed E-state index contributed by atoms with van der Waals surface area (Å²) >= 11 is 0. The number of nitrogens with zero attached hydrogens (tertiary/aromatic N) is 1. The van der Waals surface area contributed by atoms with Gasteiger partial charge in [-0.15, -0.1) is 13.2 Å². The summed E-state index contributed by atoms with van der Waals surface area (Å²) in [6, 6.07) is 8.79. The Bertz CT molecular complexity index is 815. The molecule has 0 spiro atoms. The van der Waals surface area contributed by atoms with Gasteiger partial charge in [-0.1, -0.05) is 6.07 Å². The van der Waals surface area contributed by atoms with Crippen LogP contribution in [0.15, 0.2) is 42.5 Å². The number of amides is 2. The minimum Gasteiger partial charge on any atom is -0.406 e. The average molecular weight is 337 g/mol. The van der Waals surface area contributed by atoms with Crippen molar-refractivity contribution >= 4 is 17.5 Å².